The first-order chi connectivity index (χ1) is 11.1. The maximum Gasteiger partial charge on any atom is 0.260 e. The molecule has 2 heterocycles. The zero-order valence-electron chi connectivity index (χ0n) is 13.5. The van der Waals surface area contributed by atoms with Crippen molar-refractivity contribution >= 4 is 11.8 Å². The van der Waals surface area contributed by atoms with E-state index in [0.29, 0.717) is 6.04 Å². The highest BCUT2D eigenvalue weighted by Crippen LogP contribution is 2.18. The summed E-state index contributed by atoms with van der Waals surface area (Å²) in [6.07, 6.45) is 0. The van der Waals surface area contributed by atoms with Gasteiger partial charge in [-0.3, -0.25) is 14.5 Å². The molecule has 0 radical (unpaired) electrons. The molecule has 124 valence electrons. The second-order valence-electron chi connectivity index (χ2n) is 6.10. The minimum Gasteiger partial charge on any atom is -0.484 e. The van der Waals surface area contributed by atoms with Gasteiger partial charge < -0.3 is 14.5 Å². The molecule has 0 N–H and O–H groups in total. The molecule has 6 nitrogen and oxygen atoms in total. The Hall–Kier alpha value is -2.08. The molecule has 2 fully saturated rings. The molecule has 23 heavy (non-hydrogen) atoms. The maximum atomic E-state index is 12.1. The molecule has 2 saturated heterocycles. The van der Waals surface area contributed by atoms with Gasteiger partial charge in [-0.25, -0.2) is 0 Å². The number of benzene rings is 1. The molecule has 2 aliphatic rings. The van der Waals surface area contributed by atoms with Crippen molar-refractivity contribution in [3.63, 3.8) is 0 Å². The third-order valence-electron chi connectivity index (χ3n) is 4.60. The zero-order chi connectivity index (χ0) is 16.2. The third-order valence-corrected chi connectivity index (χ3v) is 4.60. The van der Waals surface area contributed by atoms with Crippen molar-refractivity contribution in [2.75, 3.05) is 45.9 Å². The summed E-state index contributed by atoms with van der Waals surface area (Å²) >= 11 is 0. The first-order valence-corrected chi connectivity index (χ1v) is 8.08. The summed E-state index contributed by atoms with van der Waals surface area (Å²) in [7, 11) is 0. The SMILES string of the molecule is CC(=O)N1CCN(C2CN(C(=O)COc3ccccc3)C2)CC1. The quantitative estimate of drug-likeness (QED) is 0.809. The summed E-state index contributed by atoms with van der Waals surface area (Å²) in [6, 6.07) is 9.81. The summed E-state index contributed by atoms with van der Waals surface area (Å²) < 4.78 is 5.50. The van der Waals surface area contributed by atoms with Crippen LogP contribution in [0.25, 0.3) is 0 Å². The normalized spacial score (nSPS) is 19.3. The Morgan fingerprint density at radius 2 is 1.70 bits per heavy atom. The molecule has 0 bridgehead atoms. The van der Waals surface area contributed by atoms with Crippen molar-refractivity contribution in [2.24, 2.45) is 0 Å². The van der Waals surface area contributed by atoms with Gasteiger partial charge in [0.15, 0.2) is 6.61 Å². The van der Waals surface area contributed by atoms with Crippen LogP contribution in [-0.2, 0) is 9.59 Å². The van der Waals surface area contributed by atoms with Crippen molar-refractivity contribution < 1.29 is 14.3 Å². The molecule has 0 unspecified atom stereocenters. The van der Waals surface area contributed by atoms with E-state index in [0.717, 1.165) is 45.0 Å². The molecule has 0 aliphatic carbocycles. The Labute approximate surface area is 136 Å². The van der Waals surface area contributed by atoms with Gasteiger partial charge in [-0.05, 0) is 12.1 Å². The fraction of sp³-hybridized carbons (Fsp3) is 0.529. The number of ether oxygens (including phenoxy) is 1. The van der Waals surface area contributed by atoms with Crippen molar-refractivity contribution in [1.82, 2.24) is 14.7 Å². The molecular formula is C17H23N3O3. The Morgan fingerprint density at radius 1 is 1.04 bits per heavy atom. The van der Waals surface area contributed by atoms with Crippen LogP contribution in [0.4, 0.5) is 0 Å². The minimum absolute atomic E-state index is 0.0347. The Balaban J connectivity index is 1.37. The van der Waals surface area contributed by atoms with Gasteiger partial charge in [0.2, 0.25) is 5.91 Å². The Kier molecular flexibility index (Phi) is 4.81. The van der Waals surface area contributed by atoms with Crippen LogP contribution in [0.1, 0.15) is 6.92 Å². The van der Waals surface area contributed by atoms with Crippen LogP contribution in [0.5, 0.6) is 5.75 Å². The fourth-order valence-corrected chi connectivity index (χ4v) is 3.04. The largest absolute Gasteiger partial charge is 0.484 e. The molecular weight excluding hydrogens is 294 g/mol. The van der Waals surface area contributed by atoms with Crippen LogP contribution in [0.2, 0.25) is 0 Å². The highest BCUT2D eigenvalue weighted by molar-refractivity contribution is 5.78. The first-order valence-electron chi connectivity index (χ1n) is 8.08. The lowest BCUT2D eigenvalue weighted by atomic mass is 10.1. The number of carbonyl (C=O) groups excluding carboxylic acids is 2. The van der Waals surface area contributed by atoms with E-state index in [9.17, 15) is 9.59 Å². The maximum absolute atomic E-state index is 12.1. The van der Waals surface area contributed by atoms with Crippen LogP contribution in [-0.4, -0.2) is 78.4 Å². The number of hydrogen-bond donors (Lipinski definition) is 0. The van der Waals surface area contributed by atoms with E-state index in [1.807, 2.05) is 40.1 Å². The van der Waals surface area contributed by atoms with Gasteiger partial charge in [-0.15, -0.1) is 0 Å². The Morgan fingerprint density at radius 3 is 2.30 bits per heavy atom. The van der Waals surface area contributed by atoms with Crippen molar-refractivity contribution in [3.05, 3.63) is 30.3 Å². The van der Waals surface area contributed by atoms with Crippen LogP contribution in [0, 0.1) is 0 Å². The standard InChI is InChI=1S/C17H23N3O3/c1-14(21)18-7-9-19(10-8-18)15-11-20(12-15)17(22)13-23-16-5-3-2-4-6-16/h2-6,15H,7-13H2,1H3. The lowest BCUT2D eigenvalue weighted by Crippen LogP contribution is -2.64. The van der Waals surface area contributed by atoms with Gasteiger partial charge in [0.05, 0.1) is 0 Å². The summed E-state index contributed by atoms with van der Waals surface area (Å²) in [5.41, 5.74) is 0. The average molecular weight is 317 g/mol. The number of likely N-dealkylation sites (tertiary alicyclic amines) is 1. The van der Waals surface area contributed by atoms with Gasteiger partial charge in [-0.2, -0.15) is 0 Å². The molecule has 1 aromatic rings. The predicted molar refractivity (Wildman–Crippen MR) is 86.1 cm³/mol. The van der Waals surface area contributed by atoms with E-state index in [-0.39, 0.29) is 18.4 Å². The van der Waals surface area contributed by atoms with Gasteiger partial charge in [0, 0.05) is 52.2 Å². The van der Waals surface area contributed by atoms with Crippen LogP contribution >= 0.6 is 0 Å². The highest BCUT2D eigenvalue weighted by Gasteiger charge is 2.36. The molecule has 0 saturated carbocycles. The number of piperazine rings is 1. The number of para-hydroxylation sites is 1. The summed E-state index contributed by atoms with van der Waals surface area (Å²) in [4.78, 5) is 29.5. The number of rotatable bonds is 4. The van der Waals surface area contributed by atoms with Gasteiger partial charge >= 0.3 is 0 Å². The monoisotopic (exact) mass is 317 g/mol. The minimum atomic E-state index is 0.0347. The second kappa shape index (κ2) is 7.00. The molecule has 2 amide bonds. The molecule has 0 spiro atoms. The third kappa shape index (κ3) is 3.82. The zero-order valence-corrected chi connectivity index (χ0v) is 13.5. The van der Waals surface area contributed by atoms with Gasteiger partial charge in [0.25, 0.3) is 5.91 Å². The fourth-order valence-electron chi connectivity index (χ4n) is 3.04. The first kappa shape index (κ1) is 15.8. The van der Waals surface area contributed by atoms with Crippen LogP contribution in [0.3, 0.4) is 0 Å². The van der Waals surface area contributed by atoms with Crippen LogP contribution in [0.15, 0.2) is 30.3 Å². The molecule has 3 rings (SSSR count). The summed E-state index contributed by atoms with van der Waals surface area (Å²) in [5.74, 6) is 0.902. The average Bonchev–Trinajstić information content (AvgIpc) is 2.53. The van der Waals surface area contributed by atoms with E-state index in [2.05, 4.69) is 4.90 Å². The second-order valence-corrected chi connectivity index (χ2v) is 6.10. The van der Waals surface area contributed by atoms with E-state index in [1.54, 1.807) is 6.92 Å². The van der Waals surface area contributed by atoms with Crippen molar-refractivity contribution in [2.45, 2.75) is 13.0 Å². The van der Waals surface area contributed by atoms with Crippen molar-refractivity contribution in [1.29, 1.82) is 0 Å². The lowest BCUT2D eigenvalue weighted by molar-refractivity contribution is -0.142. The highest BCUT2D eigenvalue weighted by atomic mass is 16.5. The molecule has 0 atom stereocenters. The molecule has 2 aliphatic heterocycles. The molecule has 0 aromatic heterocycles. The molecule has 6 heteroatoms. The number of carbonyl (C=O) groups is 2. The topological polar surface area (TPSA) is 53.1 Å². The number of amides is 2. The Bertz CT molecular complexity index is 549. The van der Waals surface area contributed by atoms with E-state index >= 15 is 0 Å². The van der Waals surface area contributed by atoms with E-state index in [1.165, 1.54) is 0 Å². The number of hydrogen-bond acceptors (Lipinski definition) is 4. The number of nitrogens with zero attached hydrogens (tertiary/aromatic N) is 3. The van der Waals surface area contributed by atoms with Crippen LogP contribution < -0.4 is 4.74 Å². The summed E-state index contributed by atoms with van der Waals surface area (Å²) in [6.45, 7) is 6.60. The van der Waals surface area contributed by atoms with Crippen molar-refractivity contribution in [3.8, 4) is 5.75 Å². The molecule has 1 aromatic carbocycles. The summed E-state index contributed by atoms with van der Waals surface area (Å²) in [5, 5.41) is 0. The smallest absolute Gasteiger partial charge is 0.260 e. The van der Waals surface area contributed by atoms with E-state index < -0.39 is 0 Å². The predicted octanol–water partition coefficient (Wildman–Crippen LogP) is 0.440. The lowest BCUT2D eigenvalue weighted by Gasteiger charge is -2.48. The van der Waals surface area contributed by atoms with Gasteiger partial charge in [-0.1, -0.05) is 18.2 Å². The van der Waals surface area contributed by atoms with Gasteiger partial charge in [0.1, 0.15) is 5.75 Å². The van der Waals surface area contributed by atoms with E-state index in [4.69, 9.17) is 4.74 Å².